The number of carbonyl (C=O) groups excluding carboxylic acids is 2. The van der Waals surface area contributed by atoms with E-state index < -0.39 is 32.0 Å². The Morgan fingerprint density at radius 2 is 1.00 bits per heavy atom. The summed E-state index contributed by atoms with van der Waals surface area (Å²) in [6.07, 6.45) is -3.76. The first kappa shape index (κ1) is 14.6. The Morgan fingerprint density at radius 1 is 0.786 bits per heavy atom. The minimum Gasteiger partial charge on any atom is -0.381 e. The summed E-state index contributed by atoms with van der Waals surface area (Å²) < 4.78 is -2.86. The Morgan fingerprint density at radius 3 is 1.14 bits per heavy atom. The maximum absolute atomic E-state index is 11.0. The van der Waals surface area contributed by atoms with Crippen LogP contribution in [0.25, 0.3) is 0 Å². The van der Waals surface area contributed by atoms with Gasteiger partial charge in [-0.25, -0.2) is 0 Å². The molecular formula is C6H8I2O6. The second kappa shape index (κ2) is 6.27. The van der Waals surface area contributed by atoms with Crippen LogP contribution in [-0.2, 0) is 9.59 Å². The van der Waals surface area contributed by atoms with Gasteiger partial charge in [0.25, 0.3) is 0 Å². The smallest absolute Gasteiger partial charge is 0.233 e. The molecule has 0 spiro atoms. The molecule has 0 aromatic rings. The third-order valence-electron chi connectivity index (χ3n) is 1.30. The van der Waals surface area contributed by atoms with Crippen molar-refractivity contribution in [3.05, 3.63) is 0 Å². The highest BCUT2D eigenvalue weighted by Crippen LogP contribution is 2.09. The molecule has 2 unspecified atom stereocenters. The van der Waals surface area contributed by atoms with Crippen molar-refractivity contribution in [2.75, 3.05) is 0 Å². The van der Waals surface area contributed by atoms with E-state index in [1.54, 1.807) is 0 Å². The van der Waals surface area contributed by atoms with Crippen LogP contribution in [0.4, 0.5) is 0 Å². The van der Waals surface area contributed by atoms with Crippen LogP contribution in [0.1, 0.15) is 0 Å². The lowest BCUT2D eigenvalue weighted by molar-refractivity contribution is -0.148. The van der Waals surface area contributed by atoms with Crippen molar-refractivity contribution < 1.29 is 30.0 Å². The van der Waals surface area contributed by atoms with E-state index in [2.05, 4.69) is 0 Å². The first-order valence-electron chi connectivity index (χ1n) is 3.37. The standard InChI is InChI=1S/C6H8I2O6/c7-5(13)3(11)1(9)2(10)4(12)6(8)14/h3-6,11-14H/t3-,4+,5?,6?. The van der Waals surface area contributed by atoms with E-state index in [0.717, 1.165) is 0 Å². The van der Waals surface area contributed by atoms with Crippen LogP contribution in [0.15, 0.2) is 0 Å². The average molecular weight is 430 g/mol. The van der Waals surface area contributed by atoms with Crippen LogP contribution in [0.5, 0.6) is 0 Å². The Kier molecular flexibility index (Phi) is 6.56. The highest BCUT2D eigenvalue weighted by Gasteiger charge is 2.34. The fourth-order valence-electron chi connectivity index (χ4n) is 0.541. The van der Waals surface area contributed by atoms with Gasteiger partial charge in [0.2, 0.25) is 11.6 Å². The number of rotatable bonds is 5. The van der Waals surface area contributed by atoms with Gasteiger partial charge in [-0.3, -0.25) is 9.59 Å². The van der Waals surface area contributed by atoms with Crippen molar-refractivity contribution in [2.24, 2.45) is 0 Å². The molecule has 0 saturated heterocycles. The van der Waals surface area contributed by atoms with Gasteiger partial charge < -0.3 is 20.4 Å². The summed E-state index contributed by atoms with van der Waals surface area (Å²) >= 11 is 2.69. The van der Waals surface area contributed by atoms with Crippen LogP contribution in [0.3, 0.4) is 0 Å². The Balaban J connectivity index is 4.48. The molecule has 4 atom stereocenters. The number of alkyl halides is 2. The van der Waals surface area contributed by atoms with Crippen molar-refractivity contribution in [3.63, 3.8) is 0 Å². The van der Waals surface area contributed by atoms with Crippen molar-refractivity contribution in [3.8, 4) is 0 Å². The predicted octanol–water partition coefficient (Wildman–Crippen LogP) is -1.65. The second-order valence-corrected chi connectivity index (χ2v) is 4.92. The molecule has 82 valence electrons. The summed E-state index contributed by atoms with van der Waals surface area (Å²) in [6, 6.07) is 0. The van der Waals surface area contributed by atoms with Crippen LogP contribution in [0.2, 0.25) is 0 Å². The van der Waals surface area contributed by atoms with Gasteiger partial charge >= 0.3 is 0 Å². The topological polar surface area (TPSA) is 115 Å². The molecule has 0 bridgehead atoms. The van der Waals surface area contributed by atoms with Gasteiger partial charge in [0.15, 0.2) is 12.2 Å². The van der Waals surface area contributed by atoms with Crippen LogP contribution >= 0.6 is 45.2 Å². The van der Waals surface area contributed by atoms with Gasteiger partial charge in [0, 0.05) is 0 Å². The highest BCUT2D eigenvalue weighted by atomic mass is 127. The van der Waals surface area contributed by atoms with Gasteiger partial charge in [-0.05, 0) is 45.2 Å². The molecule has 0 aliphatic carbocycles. The number of halogens is 2. The molecule has 0 heterocycles. The van der Waals surface area contributed by atoms with Crippen molar-refractivity contribution >= 4 is 56.7 Å². The van der Waals surface area contributed by atoms with Gasteiger partial charge in [-0.15, -0.1) is 0 Å². The molecule has 8 heteroatoms. The minimum atomic E-state index is -1.88. The molecule has 0 aliphatic heterocycles. The zero-order valence-electron chi connectivity index (χ0n) is 6.67. The summed E-state index contributed by atoms with van der Waals surface area (Å²) in [7, 11) is 0. The average Bonchev–Trinajstić information content (AvgIpc) is 2.12. The van der Waals surface area contributed by atoms with Crippen LogP contribution in [-0.4, -0.2) is 52.4 Å². The van der Waals surface area contributed by atoms with Crippen molar-refractivity contribution in [1.29, 1.82) is 0 Å². The van der Waals surface area contributed by atoms with Crippen LogP contribution in [0, 0.1) is 0 Å². The number of carbonyl (C=O) groups is 2. The van der Waals surface area contributed by atoms with E-state index in [0.29, 0.717) is 0 Å². The summed E-state index contributed by atoms with van der Waals surface area (Å²) in [5.41, 5.74) is 0. The molecule has 0 amide bonds. The highest BCUT2D eigenvalue weighted by molar-refractivity contribution is 14.1. The molecule has 14 heavy (non-hydrogen) atoms. The molecule has 0 fully saturated rings. The van der Waals surface area contributed by atoms with Gasteiger partial charge in [-0.1, -0.05) is 0 Å². The van der Waals surface area contributed by atoms with E-state index in [4.69, 9.17) is 20.4 Å². The monoisotopic (exact) mass is 430 g/mol. The Bertz CT molecular complexity index is 204. The van der Waals surface area contributed by atoms with E-state index >= 15 is 0 Å². The lowest BCUT2D eigenvalue weighted by atomic mass is 10.1. The van der Waals surface area contributed by atoms with E-state index in [9.17, 15) is 9.59 Å². The lowest BCUT2D eigenvalue weighted by Crippen LogP contribution is -2.43. The van der Waals surface area contributed by atoms with Gasteiger partial charge in [0.05, 0.1) is 0 Å². The third-order valence-corrected chi connectivity index (χ3v) is 2.66. The predicted molar refractivity (Wildman–Crippen MR) is 62.1 cm³/mol. The largest absolute Gasteiger partial charge is 0.381 e. The normalized spacial score (nSPS) is 19.6. The summed E-state index contributed by atoms with van der Waals surface area (Å²) in [5.74, 6) is -2.65. The van der Waals surface area contributed by atoms with Crippen molar-refractivity contribution in [1.82, 2.24) is 0 Å². The molecule has 0 saturated carbocycles. The molecule has 4 N–H and O–H groups in total. The number of aliphatic hydroxyl groups excluding tert-OH is 4. The van der Waals surface area contributed by atoms with E-state index in [-0.39, 0.29) is 0 Å². The van der Waals surface area contributed by atoms with Crippen molar-refractivity contribution in [2.45, 2.75) is 20.4 Å². The summed E-state index contributed by atoms with van der Waals surface area (Å²) in [6.45, 7) is 0. The Hall–Kier alpha value is 0.640. The molecule has 6 nitrogen and oxygen atoms in total. The molecule has 0 aromatic carbocycles. The minimum absolute atomic E-state index is 1.32. The molecule has 0 rings (SSSR count). The SMILES string of the molecule is O=C(C(=O)[C@H](O)C(O)I)[C@@H](O)C(O)I. The first-order chi connectivity index (χ1) is 6.29. The van der Waals surface area contributed by atoms with Crippen LogP contribution < -0.4 is 0 Å². The fourth-order valence-corrected chi connectivity index (χ4v) is 1.19. The molecule has 0 aromatic heterocycles. The number of Topliss-reactive ketones (excluding diaryl/α,β-unsaturated/α-hetero) is 2. The number of aliphatic hydroxyl groups is 4. The zero-order valence-corrected chi connectivity index (χ0v) is 11.0. The molecule has 0 aliphatic rings. The first-order valence-corrected chi connectivity index (χ1v) is 5.86. The quantitative estimate of drug-likeness (QED) is 0.236. The van der Waals surface area contributed by atoms with Gasteiger partial charge in [-0.2, -0.15) is 0 Å². The Labute approximate surface area is 107 Å². The molecule has 0 radical (unpaired) electrons. The zero-order chi connectivity index (χ0) is 11.5. The third kappa shape index (κ3) is 4.02. The summed E-state index contributed by atoms with van der Waals surface area (Å²) in [5, 5.41) is 35.5. The van der Waals surface area contributed by atoms with E-state index in [1.807, 2.05) is 0 Å². The van der Waals surface area contributed by atoms with E-state index in [1.165, 1.54) is 45.2 Å². The number of ketones is 2. The maximum Gasteiger partial charge on any atom is 0.233 e. The lowest BCUT2D eigenvalue weighted by Gasteiger charge is -2.14. The second-order valence-electron chi connectivity index (χ2n) is 2.36. The molecular weight excluding hydrogens is 422 g/mol. The maximum atomic E-state index is 11.0. The summed E-state index contributed by atoms with van der Waals surface area (Å²) in [4.78, 5) is 22.0. The number of hydrogen-bond donors (Lipinski definition) is 4. The number of hydrogen-bond acceptors (Lipinski definition) is 6. The van der Waals surface area contributed by atoms with Gasteiger partial charge in [0.1, 0.15) is 8.22 Å². The fraction of sp³-hybridized carbons (Fsp3) is 0.667.